The van der Waals surface area contributed by atoms with Gasteiger partial charge in [-0.3, -0.25) is 10.1 Å². The van der Waals surface area contributed by atoms with Crippen molar-refractivity contribution in [2.45, 2.75) is 44.0 Å². The zero-order valence-electron chi connectivity index (χ0n) is 19.4. The first kappa shape index (κ1) is 23.3. The molecule has 0 bridgehead atoms. The number of imidazole rings is 1. The van der Waals surface area contributed by atoms with Crippen molar-refractivity contribution in [3.8, 4) is 0 Å². The highest BCUT2D eigenvalue weighted by Crippen LogP contribution is 2.29. The van der Waals surface area contributed by atoms with Crippen LogP contribution in [0.5, 0.6) is 0 Å². The molecule has 8 nitrogen and oxygen atoms in total. The molecule has 176 valence electrons. The number of anilines is 2. The number of piperidine rings is 1. The van der Waals surface area contributed by atoms with E-state index in [1.54, 1.807) is 12.1 Å². The summed E-state index contributed by atoms with van der Waals surface area (Å²) in [7, 11) is -0.703. The van der Waals surface area contributed by atoms with E-state index in [9.17, 15) is 13.2 Å². The second-order valence-electron chi connectivity index (χ2n) is 8.54. The monoisotopic (exact) mass is 469 g/mol. The molecule has 33 heavy (non-hydrogen) atoms. The maximum absolute atomic E-state index is 13.6. The van der Waals surface area contributed by atoms with Crippen LogP contribution < -0.4 is 10.2 Å². The van der Waals surface area contributed by atoms with Gasteiger partial charge in [0, 0.05) is 39.4 Å². The number of nitrogens with zero attached hydrogens (tertiary/aromatic N) is 4. The maximum atomic E-state index is 13.6. The maximum Gasteiger partial charge on any atom is 0.260 e. The molecule has 1 aliphatic rings. The van der Waals surface area contributed by atoms with Gasteiger partial charge in [-0.05, 0) is 56.0 Å². The number of aryl methyl sites for hydroxylation is 1. The van der Waals surface area contributed by atoms with Crippen LogP contribution in [0.15, 0.2) is 47.4 Å². The lowest BCUT2D eigenvalue weighted by Crippen LogP contribution is -2.32. The molecule has 0 radical (unpaired) electrons. The van der Waals surface area contributed by atoms with Gasteiger partial charge in [-0.2, -0.15) is 0 Å². The number of rotatable bonds is 7. The molecule has 0 spiro atoms. The number of benzene rings is 2. The summed E-state index contributed by atoms with van der Waals surface area (Å²) in [4.78, 5) is 20.5. The van der Waals surface area contributed by atoms with Gasteiger partial charge in [0.1, 0.15) is 0 Å². The van der Waals surface area contributed by atoms with Gasteiger partial charge in [-0.1, -0.05) is 19.1 Å². The minimum atomic E-state index is -3.68. The molecule has 1 N–H and O–H groups in total. The van der Waals surface area contributed by atoms with E-state index < -0.39 is 10.0 Å². The first-order valence-electron chi connectivity index (χ1n) is 11.4. The Labute approximate surface area is 195 Å². The van der Waals surface area contributed by atoms with E-state index in [-0.39, 0.29) is 10.8 Å². The van der Waals surface area contributed by atoms with E-state index in [0.29, 0.717) is 18.1 Å². The fraction of sp³-hybridized carbons (Fsp3) is 0.417. The highest BCUT2D eigenvalue weighted by atomic mass is 32.2. The van der Waals surface area contributed by atoms with Gasteiger partial charge in [0.15, 0.2) is 0 Å². The molecule has 0 aliphatic carbocycles. The lowest BCUT2D eigenvalue weighted by atomic mass is 10.1. The first-order valence-corrected chi connectivity index (χ1v) is 12.8. The summed E-state index contributed by atoms with van der Waals surface area (Å²) in [5.74, 6) is 0.104. The molecule has 2 heterocycles. The molecule has 1 saturated heterocycles. The number of fused-ring (bicyclic) bond motifs is 1. The van der Waals surface area contributed by atoms with Crippen LogP contribution in [-0.4, -0.2) is 55.4 Å². The predicted molar refractivity (Wildman–Crippen MR) is 131 cm³/mol. The van der Waals surface area contributed by atoms with E-state index in [4.69, 9.17) is 0 Å². The molecule has 1 amide bonds. The van der Waals surface area contributed by atoms with Gasteiger partial charge in [-0.15, -0.1) is 0 Å². The van der Waals surface area contributed by atoms with Crippen molar-refractivity contribution < 1.29 is 13.2 Å². The Hall–Kier alpha value is -2.91. The SMILES string of the molecule is CCCn1c(NC(=O)c2cc(S(=O)(=O)N(C)C)ccc2N2CCCCC2)nc2ccccc21. The van der Waals surface area contributed by atoms with E-state index >= 15 is 0 Å². The Balaban J connectivity index is 1.77. The summed E-state index contributed by atoms with van der Waals surface area (Å²) in [5, 5.41) is 2.97. The van der Waals surface area contributed by atoms with Crippen LogP contribution in [0.25, 0.3) is 11.0 Å². The summed E-state index contributed by atoms with van der Waals surface area (Å²) in [5.41, 5.74) is 2.86. The van der Waals surface area contributed by atoms with Crippen LogP contribution in [0.4, 0.5) is 11.6 Å². The first-order chi connectivity index (χ1) is 15.8. The number of sulfonamides is 1. The number of nitrogens with one attached hydrogen (secondary N) is 1. The summed E-state index contributed by atoms with van der Waals surface area (Å²) in [6.45, 7) is 4.47. The predicted octanol–water partition coefficient (Wildman–Crippen LogP) is 3.94. The third-order valence-corrected chi connectivity index (χ3v) is 7.83. The second-order valence-corrected chi connectivity index (χ2v) is 10.7. The molecular formula is C24H31N5O3S. The van der Waals surface area contributed by atoms with Crippen molar-refractivity contribution in [2.75, 3.05) is 37.4 Å². The van der Waals surface area contributed by atoms with Gasteiger partial charge in [0.25, 0.3) is 5.91 Å². The standard InChI is InChI=1S/C24H31N5O3S/c1-4-14-29-22-11-7-6-10-20(22)25-24(29)26-23(30)19-17-18(33(31,32)27(2)3)12-13-21(19)28-15-8-5-9-16-28/h6-7,10-13,17H,4-5,8-9,14-16H2,1-3H3,(H,25,26,30). The zero-order chi connectivity index (χ0) is 23.6. The molecule has 1 fully saturated rings. The fourth-order valence-electron chi connectivity index (χ4n) is 4.27. The molecule has 0 atom stereocenters. The van der Waals surface area contributed by atoms with Gasteiger partial charge in [-0.25, -0.2) is 17.7 Å². The van der Waals surface area contributed by atoms with E-state index in [0.717, 1.165) is 59.8 Å². The molecule has 1 aromatic heterocycles. The fourth-order valence-corrected chi connectivity index (χ4v) is 5.20. The molecule has 4 rings (SSSR count). The number of amides is 1. The van der Waals surface area contributed by atoms with Crippen LogP contribution >= 0.6 is 0 Å². The van der Waals surface area contributed by atoms with Crippen molar-refractivity contribution >= 4 is 38.6 Å². The highest BCUT2D eigenvalue weighted by molar-refractivity contribution is 7.89. The van der Waals surface area contributed by atoms with Crippen molar-refractivity contribution in [3.63, 3.8) is 0 Å². The average Bonchev–Trinajstić information content (AvgIpc) is 3.16. The van der Waals surface area contributed by atoms with Crippen LogP contribution in [0.1, 0.15) is 43.0 Å². The summed E-state index contributed by atoms with van der Waals surface area (Å²) in [6.07, 6.45) is 4.14. The summed E-state index contributed by atoms with van der Waals surface area (Å²) in [6, 6.07) is 12.6. The van der Waals surface area contributed by atoms with Gasteiger partial charge >= 0.3 is 0 Å². The third-order valence-electron chi connectivity index (χ3n) is 6.02. The highest BCUT2D eigenvalue weighted by Gasteiger charge is 2.25. The topological polar surface area (TPSA) is 87.5 Å². The number of carbonyl (C=O) groups is 1. The summed E-state index contributed by atoms with van der Waals surface area (Å²) >= 11 is 0. The van der Waals surface area contributed by atoms with Crippen molar-refractivity contribution in [3.05, 3.63) is 48.0 Å². The van der Waals surface area contributed by atoms with E-state index in [1.165, 1.54) is 20.2 Å². The van der Waals surface area contributed by atoms with Crippen molar-refractivity contribution in [1.82, 2.24) is 13.9 Å². The lowest BCUT2D eigenvalue weighted by Gasteiger charge is -2.30. The molecular weight excluding hydrogens is 438 g/mol. The Morgan fingerprint density at radius 2 is 1.82 bits per heavy atom. The van der Waals surface area contributed by atoms with Gasteiger partial charge < -0.3 is 9.47 Å². The number of hydrogen-bond acceptors (Lipinski definition) is 5. The van der Waals surface area contributed by atoms with Crippen molar-refractivity contribution in [2.24, 2.45) is 0 Å². The molecule has 0 unspecified atom stereocenters. The van der Waals surface area contributed by atoms with E-state index in [1.807, 2.05) is 28.8 Å². The van der Waals surface area contributed by atoms with Crippen LogP contribution in [0, 0.1) is 0 Å². The number of para-hydroxylation sites is 2. The second kappa shape index (κ2) is 9.52. The van der Waals surface area contributed by atoms with E-state index in [2.05, 4.69) is 22.1 Å². The van der Waals surface area contributed by atoms with Crippen LogP contribution in [0.2, 0.25) is 0 Å². The molecule has 1 aliphatic heterocycles. The van der Waals surface area contributed by atoms with Crippen LogP contribution in [0.3, 0.4) is 0 Å². The Kier molecular flexibility index (Phi) is 6.71. The smallest absolute Gasteiger partial charge is 0.260 e. The molecule has 2 aromatic carbocycles. The van der Waals surface area contributed by atoms with Crippen LogP contribution in [-0.2, 0) is 16.6 Å². The average molecular weight is 470 g/mol. The van der Waals surface area contributed by atoms with Gasteiger partial charge in [0.05, 0.1) is 21.5 Å². The normalized spacial score (nSPS) is 14.7. The Morgan fingerprint density at radius 1 is 1.09 bits per heavy atom. The number of aromatic nitrogens is 2. The van der Waals surface area contributed by atoms with Gasteiger partial charge in [0.2, 0.25) is 16.0 Å². The Morgan fingerprint density at radius 3 is 2.52 bits per heavy atom. The largest absolute Gasteiger partial charge is 0.371 e. The molecule has 3 aromatic rings. The minimum absolute atomic E-state index is 0.0977. The van der Waals surface area contributed by atoms with Crippen molar-refractivity contribution in [1.29, 1.82) is 0 Å². The summed E-state index contributed by atoms with van der Waals surface area (Å²) < 4.78 is 28.7. The Bertz CT molecular complexity index is 1260. The zero-order valence-corrected chi connectivity index (χ0v) is 20.2. The number of carbonyl (C=O) groups excluding carboxylic acids is 1. The quantitative estimate of drug-likeness (QED) is 0.566. The minimum Gasteiger partial charge on any atom is -0.371 e. The molecule has 0 saturated carbocycles. The lowest BCUT2D eigenvalue weighted by molar-refractivity contribution is 0.102. The third kappa shape index (κ3) is 4.60. The number of hydrogen-bond donors (Lipinski definition) is 1. The molecule has 9 heteroatoms.